The summed E-state index contributed by atoms with van der Waals surface area (Å²) in [5, 5.41) is 0. The van der Waals surface area contributed by atoms with Crippen molar-refractivity contribution >= 4 is 0 Å². The van der Waals surface area contributed by atoms with Crippen molar-refractivity contribution in [3.8, 4) is 0 Å². The van der Waals surface area contributed by atoms with Gasteiger partial charge in [-0.05, 0) is 0 Å². The average Bonchev–Trinajstić information content (AvgIpc) is 1.65. The quantitative estimate of drug-likeness (QED) is 0.470. The van der Waals surface area contributed by atoms with Crippen LogP contribution in [0.5, 0.6) is 0 Å². The molecule has 40 valence electrons. The number of hydrogen-bond donors (Lipinski definition) is 0. The number of alkyl halides is 1. The standard InChI is InChI=1S/C5H6F2/c1-4(3-6)5(2)7/h1-3H2. The molecule has 0 atom stereocenters. The van der Waals surface area contributed by atoms with Gasteiger partial charge in [0.05, 0.1) is 0 Å². The molecule has 0 saturated carbocycles. The molecule has 0 radical (unpaired) electrons. The zero-order valence-corrected chi connectivity index (χ0v) is 3.88. The smallest absolute Gasteiger partial charge is 0.121 e. The lowest BCUT2D eigenvalue weighted by molar-refractivity contribution is 0.524. The Morgan fingerprint density at radius 3 is 1.86 bits per heavy atom. The van der Waals surface area contributed by atoms with E-state index in [1.807, 2.05) is 0 Å². The van der Waals surface area contributed by atoms with E-state index < -0.39 is 12.5 Å². The Labute approximate surface area is 41.2 Å². The summed E-state index contributed by atoms with van der Waals surface area (Å²) in [6.45, 7) is 4.99. The van der Waals surface area contributed by atoms with Crippen molar-refractivity contribution in [1.82, 2.24) is 0 Å². The van der Waals surface area contributed by atoms with Gasteiger partial charge in [-0.15, -0.1) is 0 Å². The van der Waals surface area contributed by atoms with E-state index in [1.54, 1.807) is 0 Å². The zero-order chi connectivity index (χ0) is 5.86. The second-order valence-corrected chi connectivity index (χ2v) is 1.14. The summed E-state index contributed by atoms with van der Waals surface area (Å²) in [7, 11) is 0. The largest absolute Gasteiger partial charge is 0.246 e. The van der Waals surface area contributed by atoms with Crippen molar-refractivity contribution in [3.63, 3.8) is 0 Å². The van der Waals surface area contributed by atoms with Crippen LogP contribution < -0.4 is 0 Å². The van der Waals surface area contributed by atoms with Gasteiger partial charge in [0, 0.05) is 5.57 Å². The third-order valence-corrected chi connectivity index (χ3v) is 0.545. The van der Waals surface area contributed by atoms with Crippen LogP contribution in [0.3, 0.4) is 0 Å². The van der Waals surface area contributed by atoms with Gasteiger partial charge in [-0.3, -0.25) is 0 Å². The number of hydrogen-bond acceptors (Lipinski definition) is 0. The van der Waals surface area contributed by atoms with Crippen molar-refractivity contribution in [1.29, 1.82) is 0 Å². The molecule has 0 N–H and O–H groups in total. The lowest BCUT2D eigenvalue weighted by Gasteiger charge is -1.88. The molecule has 0 nitrogen and oxygen atoms in total. The minimum Gasteiger partial charge on any atom is -0.246 e. The summed E-state index contributed by atoms with van der Waals surface area (Å²) in [5.41, 5.74) is -0.181. The van der Waals surface area contributed by atoms with Crippen molar-refractivity contribution in [2.75, 3.05) is 6.67 Å². The minimum absolute atomic E-state index is 0.181. The van der Waals surface area contributed by atoms with Crippen LogP contribution in [0.4, 0.5) is 8.78 Å². The molecule has 0 amide bonds. The van der Waals surface area contributed by atoms with Crippen LogP contribution in [0.15, 0.2) is 24.6 Å². The summed E-state index contributed by atoms with van der Waals surface area (Å²) >= 11 is 0. The molecule has 0 fully saturated rings. The minimum atomic E-state index is -0.852. The topological polar surface area (TPSA) is 0 Å². The fraction of sp³-hybridized carbons (Fsp3) is 0.200. The van der Waals surface area contributed by atoms with Gasteiger partial charge in [-0.1, -0.05) is 13.2 Å². The predicted octanol–water partition coefficient (Wildman–Crippen LogP) is 2.00. The SMILES string of the molecule is C=C(F)C(=C)CF. The van der Waals surface area contributed by atoms with Crippen molar-refractivity contribution < 1.29 is 8.78 Å². The van der Waals surface area contributed by atoms with Gasteiger partial charge in [-0.2, -0.15) is 0 Å². The average molecular weight is 104 g/mol. The first-order chi connectivity index (χ1) is 3.18. The molecule has 0 aromatic heterocycles. The lowest BCUT2D eigenvalue weighted by atomic mass is 10.3. The van der Waals surface area contributed by atoms with Crippen LogP contribution in [0.2, 0.25) is 0 Å². The number of allylic oxidation sites excluding steroid dienone is 2. The first kappa shape index (κ1) is 6.34. The van der Waals surface area contributed by atoms with Crippen LogP contribution in [0.25, 0.3) is 0 Å². The first-order valence-corrected chi connectivity index (χ1v) is 1.77. The molecule has 0 bridgehead atoms. The monoisotopic (exact) mass is 104 g/mol. The van der Waals surface area contributed by atoms with Crippen LogP contribution in [0.1, 0.15) is 0 Å². The highest BCUT2D eigenvalue weighted by Gasteiger charge is 1.93. The fourth-order valence-electron chi connectivity index (χ4n) is 0.0725. The Hall–Kier alpha value is -0.660. The van der Waals surface area contributed by atoms with E-state index >= 15 is 0 Å². The molecular weight excluding hydrogens is 98.1 g/mol. The van der Waals surface area contributed by atoms with Gasteiger partial charge < -0.3 is 0 Å². The summed E-state index contributed by atoms with van der Waals surface area (Å²) in [6, 6.07) is 0. The van der Waals surface area contributed by atoms with E-state index in [-0.39, 0.29) is 5.57 Å². The Morgan fingerprint density at radius 2 is 1.86 bits per heavy atom. The van der Waals surface area contributed by atoms with Gasteiger partial charge in [0.2, 0.25) is 0 Å². The Kier molecular flexibility index (Phi) is 2.27. The van der Waals surface area contributed by atoms with Gasteiger partial charge >= 0.3 is 0 Å². The summed E-state index contributed by atoms with van der Waals surface area (Å²) in [4.78, 5) is 0. The molecule has 0 aliphatic carbocycles. The zero-order valence-electron chi connectivity index (χ0n) is 3.88. The maximum Gasteiger partial charge on any atom is 0.121 e. The third-order valence-electron chi connectivity index (χ3n) is 0.545. The Balaban J connectivity index is 3.58. The third kappa shape index (κ3) is 2.09. The van der Waals surface area contributed by atoms with Gasteiger partial charge in [0.25, 0.3) is 0 Å². The van der Waals surface area contributed by atoms with Gasteiger partial charge in [0.15, 0.2) is 0 Å². The molecule has 0 saturated heterocycles. The molecule has 0 unspecified atom stereocenters. The molecule has 0 spiro atoms. The Morgan fingerprint density at radius 1 is 1.43 bits per heavy atom. The normalized spacial score (nSPS) is 8.29. The van der Waals surface area contributed by atoms with E-state index in [2.05, 4.69) is 13.2 Å². The van der Waals surface area contributed by atoms with Gasteiger partial charge in [0.1, 0.15) is 12.5 Å². The molecule has 2 heteroatoms. The molecule has 0 aromatic carbocycles. The fourth-order valence-corrected chi connectivity index (χ4v) is 0.0725. The van der Waals surface area contributed by atoms with Crippen LogP contribution >= 0.6 is 0 Å². The summed E-state index contributed by atoms with van der Waals surface area (Å²) in [6.07, 6.45) is 0. The highest BCUT2D eigenvalue weighted by molar-refractivity contribution is 5.18. The predicted molar refractivity (Wildman–Crippen MR) is 25.4 cm³/mol. The second-order valence-electron chi connectivity index (χ2n) is 1.14. The lowest BCUT2D eigenvalue weighted by Crippen LogP contribution is -1.79. The molecular formula is C5H6F2. The number of rotatable bonds is 2. The second kappa shape index (κ2) is 2.50. The molecule has 7 heavy (non-hydrogen) atoms. The van der Waals surface area contributed by atoms with Crippen molar-refractivity contribution in [2.24, 2.45) is 0 Å². The van der Waals surface area contributed by atoms with Gasteiger partial charge in [-0.25, -0.2) is 8.78 Å². The van der Waals surface area contributed by atoms with Crippen LogP contribution in [-0.4, -0.2) is 6.67 Å². The molecule has 0 aliphatic heterocycles. The molecule has 0 aromatic rings. The molecule has 0 heterocycles. The van der Waals surface area contributed by atoms with Crippen LogP contribution in [-0.2, 0) is 0 Å². The molecule has 0 aliphatic rings. The van der Waals surface area contributed by atoms with E-state index in [0.29, 0.717) is 0 Å². The van der Waals surface area contributed by atoms with Crippen LogP contribution in [0, 0.1) is 0 Å². The first-order valence-electron chi connectivity index (χ1n) is 1.77. The number of halogens is 2. The van der Waals surface area contributed by atoms with E-state index in [0.717, 1.165) is 0 Å². The maximum absolute atomic E-state index is 11.6. The van der Waals surface area contributed by atoms with Crippen molar-refractivity contribution in [2.45, 2.75) is 0 Å². The highest BCUT2D eigenvalue weighted by Crippen LogP contribution is 2.04. The Bertz CT molecular complexity index is 94.3. The summed E-state index contributed by atoms with van der Waals surface area (Å²) in [5.74, 6) is -0.775. The van der Waals surface area contributed by atoms with E-state index in [1.165, 1.54) is 0 Å². The van der Waals surface area contributed by atoms with E-state index in [9.17, 15) is 8.78 Å². The molecule has 0 rings (SSSR count). The maximum atomic E-state index is 11.6. The van der Waals surface area contributed by atoms with Crippen molar-refractivity contribution in [3.05, 3.63) is 24.6 Å². The highest BCUT2D eigenvalue weighted by atomic mass is 19.1. The van der Waals surface area contributed by atoms with E-state index in [4.69, 9.17) is 0 Å². The summed E-state index contributed by atoms with van der Waals surface area (Å²) < 4.78 is 22.8.